The van der Waals surface area contributed by atoms with Gasteiger partial charge in [0.05, 0.1) is 12.0 Å². The van der Waals surface area contributed by atoms with E-state index in [1.807, 2.05) is 0 Å². The minimum Gasteiger partial charge on any atom is -0.383 e. The zero-order valence-corrected chi connectivity index (χ0v) is 9.49. The van der Waals surface area contributed by atoms with Gasteiger partial charge in [0.1, 0.15) is 0 Å². The van der Waals surface area contributed by atoms with Crippen molar-refractivity contribution in [3.63, 3.8) is 0 Å². The summed E-state index contributed by atoms with van der Waals surface area (Å²) in [6.45, 7) is 0.878. The van der Waals surface area contributed by atoms with Crippen molar-refractivity contribution in [3.8, 4) is 0 Å². The average molecular weight is 232 g/mol. The molecule has 15 heavy (non-hydrogen) atoms. The lowest BCUT2D eigenvalue weighted by atomic mass is 10.4. The smallest absolute Gasteiger partial charge is 0.293 e. The number of nitrogens with zero attached hydrogens (tertiary/aromatic N) is 2. The summed E-state index contributed by atoms with van der Waals surface area (Å²) < 4.78 is 6.32. The summed E-state index contributed by atoms with van der Waals surface area (Å²) in [5, 5.41) is 2.70. The fourth-order valence-electron chi connectivity index (χ4n) is 1.07. The van der Waals surface area contributed by atoms with Gasteiger partial charge in [-0.1, -0.05) is 0 Å². The molecule has 0 aliphatic rings. The fourth-order valence-corrected chi connectivity index (χ4v) is 1.27. The lowest BCUT2D eigenvalue weighted by Gasteiger charge is -2.10. The van der Waals surface area contributed by atoms with Crippen molar-refractivity contribution in [1.29, 1.82) is 0 Å². The van der Waals surface area contributed by atoms with Crippen LogP contribution in [0.15, 0.2) is 17.2 Å². The molecule has 1 rings (SSSR count). The molecule has 0 aromatic carbocycles. The highest BCUT2D eigenvalue weighted by atomic mass is 35.5. The summed E-state index contributed by atoms with van der Waals surface area (Å²) in [6, 6.07) is 0. The number of aromatic nitrogens is 2. The first-order chi connectivity index (χ1) is 7.15. The van der Waals surface area contributed by atoms with Crippen LogP contribution in [0.5, 0.6) is 0 Å². The van der Waals surface area contributed by atoms with Crippen LogP contribution in [0.4, 0.5) is 5.82 Å². The van der Waals surface area contributed by atoms with Gasteiger partial charge in [0.25, 0.3) is 5.56 Å². The number of halogens is 1. The molecule has 0 aliphatic heterocycles. The molecule has 6 heteroatoms. The van der Waals surface area contributed by atoms with Crippen LogP contribution in [-0.4, -0.2) is 35.2 Å². The summed E-state index contributed by atoms with van der Waals surface area (Å²) in [7, 11) is 3.25. The highest BCUT2D eigenvalue weighted by molar-refractivity contribution is 6.21. The third-order valence-corrected chi connectivity index (χ3v) is 2.14. The van der Waals surface area contributed by atoms with E-state index in [1.54, 1.807) is 26.6 Å². The highest BCUT2D eigenvalue weighted by Gasteiger charge is 2.06. The maximum absolute atomic E-state index is 11.5. The van der Waals surface area contributed by atoms with Gasteiger partial charge < -0.3 is 14.6 Å². The summed E-state index contributed by atoms with van der Waals surface area (Å²) in [5.41, 5.74) is -0.168. The molecule has 0 bridgehead atoms. The van der Waals surface area contributed by atoms with Crippen molar-refractivity contribution < 1.29 is 4.74 Å². The monoisotopic (exact) mass is 231 g/mol. The maximum atomic E-state index is 11.5. The Hall–Kier alpha value is -1.07. The van der Waals surface area contributed by atoms with E-state index in [4.69, 9.17) is 16.3 Å². The van der Waals surface area contributed by atoms with Gasteiger partial charge in [-0.3, -0.25) is 4.79 Å². The summed E-state index contributed by atoms with van der Waals surface area (Å²) in [5.74, 6) is 0.307. The van der Waals surface area contributed by atoms with E-state index in [0.717, 1.165) is 0 Å². The summed E-state index contributed by atoms with van der Waals surface area (Å²) in [4.78, 5) is 15.4. The Labute approximate surface area is 93.0 Å². The van der Waals surface area contributed by atoms with E-state index in [2.05, 4.69) is 10.3 Å². The summed E-state index contributed by atoms with van der Waals surface area (Å²) in [6.07, 6.45) is 3.16. The first-order valence-electron chi connectivity index (χ1n) is 4.53. The van der Waals surface area contributed by atoms with Crippen LogP contribution in [0.25, 0.3) is 0 Å². The van der Waals surface area contributed by atoms with Crippen LogP contribution in [-0.2, 0) is 11.8 Å². The van der Waals surface area contributed by atoms with Crippen LogP contribution in [0.1, 0.15) is 0 Å². The molecule has 0 fully saturated rings. The zero-order chi connectivity index (χ0) is 11.3. The Morgan fingerprint density at radius 2 is 2.47 bits per heavy atom. The molecule has 1 aromatic rings. The number of rotatable bonds is 5. The van der Waals surface area contributed by atoms with Crippen molar-refractivity contribution >= 4 is 17.4 Å². The molecule has 0 saturated carbocycles. The molecule has 1 unspecified atom stereocenters. The third-order valence-electron chi connectivity index (χ3n) is 1.86. The number of hydrogen-bond donors (Lipinski definition) is 1. The van der Waals surface area contributed by atoms with Crippen molar-refractivity contribution in [2.45, 2.75) is 5.38 Å². The van der Waals surface area contributed by atoms with Crippen molar-refractivity contribution in [3.05, 3.63) is 22.7 Å². The molecular weight excluding hydrogens is 218 g/mol. The Kier molecular flexibility index (Phi) is 4.58. The van der Waals surface area contributed by atoms with Crippen molar-refractivity contribution in [1.82, 2.24) is 9.55 Å². The Balaban J connectivity index is 2.58. The van der Waals surface area contributed by atoms with E-state index in [9.17, 15) is 4.79 Å². The van der Waals surface area contributed by atoms with Crippen LogP contribution in [0.3, 0.4) is 0 Å². The van der Waals surface area contributed by atoms with Crippen LogP contribution in [0.2, 0.25) is 0 Å². The molecule has 1 N–H and O–H groups in total. The zero-order valence-electron chi connectivity index (χ0n) is 8.74. The van der Waals surface area contributed by atoms with Gasteiger partial charge in [-0.05, 0) is 0 Å². The number of ether oxygens (including phenoxy) is 1. The minimum absolute atomic E-state index is 0.168. The lowest BCUT2D eigenvalue weighted by Crippen LogP contribution is -2.26. The minimum atomic E-state index is -0.179. The number of hydrogen-bond acceptors (Lipinski definition) is 4. The van der Waals surface area contributed by atoms with Crippen molar-refractivity contribution in [2.75, 3.05) is 25.6 Å². The molecule has 1 heterocycles. The quantitative estimate of drug-likeness (QED) is 0.748. The fraction of sp³-hybridized carbons (Fsp3) is 0.556. The highest BCUT2D eigenvalue weighted by Crippen LogP contribution is 1.98. The molecule has 0 amide bonds. The van der Waals surface area contributed by atoms with Gasteiger partial charge >= 0.3 is 0 Å². The topological polar surface area (TPSA) is 56.1 Å². The number of methoxy groups -OCH3 is 1. The largest absolute Gasteiger partial charge is 0.383 e. The van der Waals surface area contributed by atoms with Crippen LogP contribution in [0, 0.1) is 0 Å². The van der Waals surface area contributed by atoms with Crippen LogP contribution >= 0.6 is 11.6 Å². The molecule has 1 atom stereocenters. The first-order valence-corrected chi connectivity index (χ1v) is 4.97. The number of anilines is 1. The predicted molar refractivity (Wildman–Crippen MR) is 59.5 cm³/mol. The molecule has 1 aromatic heterocycles. The first kappa shape index (κ1) is 12.0. The van der Waals surface area contributed by atoms with Gasteiger partial charge in [-0.15, -0.1) is 11.6 Å². The predicted octanol–water partition coefficient (Wildman–Crippen LogP) is 0.446. The Morgan fingerprint density at radius 1 is 1.73 bits per heavy atom. The number of nitrogens with one attached hydrogen (secondary N) is 1. The second-order valence-electron chi connectivity index (χ2n) is 3.13. The van der Waals surface area contributed by atoms with E-state index in [0.29, 0.717) is 19.0 Å². The Bertz CT molecular complexity index is 367. The lowest BCUT2D eigenvalue weighted by molar-refractivity contribution is 0.200. The number of aryl methyl sites for hydroxylation is 1. The second kappa shape index (κ2) is 5.72. The normalized spacial score (nSPS) is 12.5. The molecule has 0 aliphatic carbocycles. The van der Waals surface area contributed by atoms with E-state index in [-0.39, 0.29) is 10.9 Å². The summed E-state index contributed by atoms with van der Waals surface area (Å²) >= 11 is 5.90. The van der Waals surface area contributed by atoms with E-state index < -0.39 is 0 Å². The van der Waals surface area contributed by atoms with Gasteiger partial charge in [-0.2, -0.15) is 0 Å². The van der Waals surface area contributed by atoms with E-state index >= 15 is 0 Å². The Morgan fingerprint density at radius 3 is 3.13 bits per heavy atom. The van der Waals surface area contributed by atoms with Gasteiger partial charge in [0.2, 0.25) is 0 Å². The molecular formula is C9H14ClN3O2. The maximum Gasteiger partial charge on any atom is 0.293 e. The number of alkyl halides is 1. The van der Waals surface area contributed by atoms with Gasteiger partial charge in [0.15, 0.2) is 5.82 Å². The standard InChI is InChI=1S/C9H14ClN3O2/c1-13-4-3-11-8(9(13)14)12-5-7(10)6-15-2/h3-4,7H,5-6H2,1-2H3,(H,11,12). The van der Waals surface area contributed by atoms with E-state index in [1.165, 1.54) is 4.57 Å². The second-order valence-corrected chi connectivity index (χ2v) is 3.74. The van der Waals surface area contributed by atoms with Gasteiger partial charge in [-0.25, -0.2) is 4.98 Å². The SMILES string of the molecule is COCC(Cl)CNc1nccn(C)c1=O. The molecule has 0 spiro atoms. The molecule has 84 valence electrons. The van der Waals surface area contributed by atoms with Gasteiger partial charge in [0, 0.05) is 33.1 Å². The van der Waals surface area contributed by atoms with Crippen molar-refractivity contribution in [2.24, 2.45) is 7.05 Å². The molecule has 5 nitrogen and oxygen atoms in total. The molecule has 0 radical (unpaired) electrons. The van der Waals surface area contributed by atoms with Crippen LogP contribution < -0.4 is 10.9 Å². The third kappa shape index (κ3) is 3.53. The average Bonchev–Trinajstić information content (AvgIpc) is 2.21. The molecule has 0 saturated heterocycles.